The molecule has 0 fully saturated rings. The average Bonchev–Trinajstić information content (AvgIpc) is 3.24. The number of H-pyrrole nitrogens is 1. The minimum atomic E-state index is -4.75. The summed E-state index contributed by atoms with van der Waals surface area (Å²) in [4.78, 5) is 29.1. The minimum absolute atomic E-state index is 0.0128. The molecule has 34 heavy (non-hydrogen) atoms. The second-order valence-corrected chi connectivity index (χ2v) is 7.99. The molecule has 0 aliphatic rings. The maximum absolute atomic E-state index is 12.9. The third-order valence-electron chi connectivity index (χ3n) is 4.14. The van der Waals surface area contributed by atoms with Crippen molar-refractivity contribution in [3.05, 3.63) is 67.9 Å². The zero-order valence-corrected chi connectivity index (χ0v) is 18.9. The quantitative estimate of drug-likeness (QED) is 0.305. The number of anilines is 2. The van der Waals surface area contributed by atoms with E-state index in [1.54, 1.807) is 4.98 Å². The van der Waals surface area contributed by atoms with Crippen molar-refractivity contribution in [2.24, 2.45) is 0 Å². The SMILES string of the molecule is COC(=O)c1ccc(N(c2csc(C#Cc3cc(C(F)(F)F)[nH]c(=O)c3)n2)S(=O)O)c(OC)c1. The van der Waals surface area contributed by atoms with Crippen LogP contribution in [0, 0.1) is 11.8 Å². The van der Waals surface area contributed by atoms with Crippen LogP contribution in [-0.2, 0) is 22.2 Å². The molecule has 3 rings (SSSR count). The number of thiazole rings is 1. The molecule has 1 aromatic carbocycles. The van der Waals surface area contributed by atoms with Gasteiger partial charge in [-0.1, -0.05) is 5.92 Å². The van der Waals surface area contributed by atoms with Crippen molar-refractivity contribution in [1.29, 1.82) is 0 Å². The number of carbonyl (C=O) groups excluding carboxylic acids is 1. The molecule has 0 saturated carbocycles. The summed E-state index contributed by atoms with van der Waals surface area (Å²) < 4.78 is 71.3. The number of carbonyl (C=O) groups is 1. The first-order chi connectivity index (χ1) is 16.0. The van der Waals surface area contributed by atoms with Gasteiger partial charge in [-0.3, -0.25) is 9.35 Å². The first-order valence-electron chi connectivity index (χ1n) is 9.00. The van der Waals surface area contributed by atoms with Crippen molar-refractivity contribution in [3.63, 3.8) is 0 Å². The standard InChI is InChI=1S/C20H14F3N3O6S2/c1-31-14-9-12(19(28)32-2)4-5-13(14)26(34(29)30)16-10-33-18(25-16)6-3-11-7-15(20(21,22)23)24-17(27)8-11/h4-5,7-10H,1-2H3,(H,24,27)(H,29,30). The summed E-state index contributed by atoms with van der Waals surface area (Å²) in [5.41, 5.74) is -2.15. The number of nitrogens with zero attached hydrogens (tertiary/aromatic N) is 2. The largest absolute Gasteiger partial charge is 0.495 e. The Labute approximate surface area is 196 Å². The molecule has 0 saturated heterocycles. The first kappa shape index (κ1) is 25.0. The lowest BCUT2D eigenvalue weighted by atomic mass is 10.2. The molecule has 0 bridgehead atoms. The number of nitrogens with one attached hydrogen (secondary N) is 1. The predicted octanol–water partition coefficient (Wildman–Crippen LogP) is 3.32. The molecule has 178 valence electrons. The highest BCUT2D eigenvalue weighted by molar-refractivity contribution is 7.81. The normalized spacial score (nSPS) is 11.8. The molecule has 1 atom stereocenters. The Kier molecular flexibility index (Phi) is 7.40. The number of pyridine rings is 1. The predicted molar refractivity (Wildman–Crippen MR) is 117 cm³/mol. The molecular weight excluding hydrogens is 499 g/mol. The highest BCUT2D eigenvalue weighted by atomic mass is 32.2. The Morgan fingerprint density at radius 1 is 1.24 bits per heavy atom. The van der Waals surface area contributed by atoms with Gasteiger partial charge < -0.3 is 14.5 Å². The topological polar surface area (TPSA) is 122 Å². The van der Waals surface area contributed by atoms with Crippen LogP contribution in [0.25, 0.3) is 0 Å². The number of hydrogen-bond acceptors (Lipinski definition) is 7. The lowest BCUT2D eigenvalue weighted by Gasteiger charge is -2.20. The van der Waals surface area contributed by atoms with E-state index >= 15 is 0 Å². The summed E-state index contributed by atoms with van der Waals surface area (Å²) >= 11 is -1.66. The number of ether oxygens (including phenoxy) is 2. The average molecular weight is 513 g/mol. The van der Waals surface area contributed by atoms with E-state index in [9.17, 15) is 31.5 Å². The number of hydrogen-bond donors (Lipinski definition) is 2. The van der Waals surface area contributed by atoms with Crippen molar-refractivity contribution in [2.75, 3.05) is 18.5 Å². The van der Waals surface area contributed by atoms with Crippen molar-refractivity contribution < 1.29 is 36.2 Å². The number of aromatic nitrogens is 2. The summed E-state index contributed by atoms with van der Waals surface area (Å²) in [5, 5.41) is 1.49. The van der Waals surface area contributed by atoms with Crippen LogP contribution >= 0.6 is 11.3 Å². The van der Waals surface area contributed by atoms with Gasteiger partial charge in [0.05, 0.1) is 19.8 Å². The Morgan fingerprint density at radius 2 is 1.97 bits per heavy atom. The Balaban J connectivity index is 1.97. The van der Waals surface area contributed by atoms with Gasteiger partial charge in [-0.25, -0.2) is 18.3 Å². The Hall–Kier alpha value is -3.67. The molecule has 0 amide bonds. The van der Waals surface area contributed by atoms with Crippen LogP contribution in [-0.4, -0.2) is 38.9 Å². The van der Waals surface area contributed by atoms with E-state index in [0.717, 1.165) is 21.7 Å². The monoisotopic (exact) mass is 513 g/mol. The number of benzene rings is 1. The molecule has 2 N–H and O–H groups in total. The molecule has 2 aromatic heterocycles. The number of halogens is 3. The molecule has 14 heteroatoms. The highest BCUT2D eigenvalue weighted by Crippen LogP contribution is 2.36. The zero-order valence-electron chi connectivity index (χ0n) is 17.3. The third kappa shape index (κ3) is 5.63. The second kappa shape index (κ2) is 10.1. The van der Waals surface area contributed by atoms with Crippen LogP contribution in [0.4, 0.5) is 24.7 Å². The molecule has 0 radical (unpaired) electrons. The van der Waals surface area contributed by atoms with E-state index < -0.39 is 34.7 Å². The summed E-state index contributed by atoms with van der Waals surface area (Å²) in [7, 11) is 2.50. The maximum atomic E-state index is 12.9. The maximum Gasteiger partial charge on any atom is 0.431 e. The van der Waals surface area contributed by atoms with Crippen molar-refractivity contribution in [3.8, 4) is 17.6 Å². The lowest BCUT2D eigenvalue weighted by molar-refractivity contribution is -0.141. The van der Waals surface area contributed by atoms with Gasteiger partial charge in [0, 0.05) is 17.0 Å². The van der Waals surface area contributed by atoms with E-state index in [1.807, 2.05) is 0 Å². The fourth-order valence-corrected chi connectivity index (χ4v) is 3.96. The van der Waals surface area contributed by atoms with Gasteiger partial charge in [0.2, 0.25) is 5.56 Å². The number of rotatable bonds is 5. The fourth-order valence-electron chi connectivity index (χ4n) is 2.69. The van der Waals surface area contributed by atoms with E-state index in [4.69, 9.17) is 4.74 Å². The third-order valence-corrected chi connectivity index (χ3v) is 5.58. The summed E-state index contributed by atoms with van der Waals surface area (Å²) in [6, 6.07) is 5.63. The van der Waals surface area contributed by atoms with Crippen LogP contribution < -0.4 is 14.6 Å². The van der Waals surface area contributed by atoms with Crippen molar-refractivity contribution in [2.45, 2.75) is 6.18 Å². The van der Waals surface area contributed by atoms with Gasteiger partial charge in [-0.15, -0.1) is 11.3 Å². The molecule has 2 heterocycles. The Morgan fingerprint density at radius 3 is 2.59 bits per heavy atom. The van der Waals surface area contributed by atoms with Gasteiger partial charge in [0.15, 0.2) is 10.8 Å². The summed E-state index contributed by atoms with van der Waals surface area (Å²) in [6.07, 6.45) is -4.75. The molecule has 0 aliphatic heterocycles. The van der Waals surface area contributed by atoms with Crippen molar-refractivity contribution in [1.82, 2.24) is 9.97 Å². The van der Waals surface area contributed by atoms with Crippen LogP contribution in [0.1, 0.15) is 26.6 Å². The first-order valence-corrected chi connectivity index (χ1v) is 10.9. The summed E-state index contributed by atoms with van der Waals surface area (Å²) in [6.45, 7) is 0. The number of alkyl halides is 3. The minimum Gasteiger partial charge on any atom is -0.495 e. The van der Waals surface area contributed by atoms with E-state index in [2.05, 4.69) is 21.6 Å². The highest BCUT2D eigenvalue weighted by Gasteiger charge is 2.32. The van der Waals surface area contributed by atoms with E-state index in [1.165, 1.54) is 37.8 Å². The molecule has 0 aliphatic carbocycles. The smallest absolute Gasteiger partial charge is 0.431 e. The molecular formula is C20H14F3N3O6S2. The van der Waals surface area contributed by atoms with Crippen LogP contribution in [0.2, 0.25) is 0 Å². The van der Waals surface area contributed by atoms with Crippen LogP contribution in [0.3, 0.4) is 0 Å². The zero-order chi connectivity index (χ0) is 25.0. The van der Waals surface area contributed by atoms with Gasteiger partial charge in [0.1, 0.15) is 17.1 Å². The summed E-state index contributed by atoms with van der Waals surface area (Å²) in [5.74, 6) is 4.39. The van der Waals surface area contributed by atoms with Gasteiger partial charge >= 0.3 is 12.1 Å². The molecule has 1 unspecified atom stereocenters. The second-order valence-electron chi connectivity index (χ2n) is 6.31. The lowest BCUT2D eigenvalue weighted by Crippen LogP contribution is -2.20. The van der Waals surface area contributed by atoms with Crippen molar-refractivity contribution >= 4 is 40.1 Å². The fraction of sp³-hybridized carbons (Fsp3) is 0.150. The van der Waals surface area contributed by atoms with Crippen LogP contribution in [0.5, 0.6) is 5.75 Å². The molecule has 9 nitrogen and oxygen atoms in total. The molecule has 3 aromatic rings. The molecule has 0 spiro atoms. The number of methoxy groups -OCH3 is 2. The van der Waals surface area contributed by atoms with Crippen LogP contribution in [0.15, 0.2) is 40.5 Å². The van der Waals surface area contributed by atoms with E-state index in [0.29, 0.717) is 6.07 Å². The van der Waals surface area contributed by atoms with Gasteiger partial charge in [-0.05, 0) is 30.2 Å². The van der Waals surface area contributed by atoms with Gasteiger partial charge in [-0.2, -0.15) is 13.2 Å². The Bertz CT molecular complexity index is 1370. The number of aromatic amines is 1. The van der Waals surface area contributed by atoms with E-state index in [-0.39, 0.29) is 33.4 Å². The number of esters is 1. The van der Waals surface area contributed by atoms with Gasteiger partial charge in [0.25, 0.3) is 11.3 Å².